The molecule has 4 N–H and O–H groups in total. The first-order valence-corrected chi connectivity index (χ1v) is 13.5. The van der Waals surface area contributed by atoms with E-state index in [9.17, 15) is 34.4 Å². The number of nitrogen functional groups attached to an aromatic ring is 1. The van der Waals surface area contributed by atoms with Gasteiger partial charge in [-0.25, -0.2) is 34.4 Å². The second-order valence-corrected chi connectivity index (χ2v) is 11.1. The summed E-state index contributed by atoms with van der Waals surface area (Å²) >= 11 is 1.48. The average molecular weight is 611 g/mol. The predicted molar refractivity (Wildman–Crippen MR) is 125 cm³/mol. The van der Waals surface area contributed by atoms with Crippen LogP contribution in [0.1, 0.15) is 26.7 Å². The topological polar surface area (TPSA) is 118 Å². The second-order valence-electron chi connectivity index (χ2n) is 6.39. The summed E-state index contributed by atoms with van der Waals surface area (Å²) in [4.78, 5) is 0. The third-order valence-corrected chi connectivity index (χ3v) is 7.58. The summed E-state index contributed by atoms with van der Waals surface area (Å²) in [6.45, 7) is 3.37. The quantitative estimate of drug-likeness (QED) is 0.177. The van der Waals surface area contributed by atoms with Gasteiger partial charge in [0.05, 0.1) is 26.5 Å². The largest absolute Gasteiger partial charge is 0.394 e. The summed E-state index contributed by atoms with van der Waals surface area (Å²) < 4.78 is 102. The molecule has 0 spiro atoms. The molecular formula is C18H22F4IN3O4S2. The predicted octanol–water partition coefficient (Wildman–Crippen LogP) is 4.42. The first-order chi connectivity index (χ1) is 14.7. The van der Waals surface area contributed by atoms with E-state index < -0.39 is 49.0 Å². The Labute approximate surface area is 198 Å². The van der Waals surface area contributed by atoms with Crippen LogP contribution in [-0.4, -0.2) is 28.3 Å². The van der Waals surface area contributed by atoms with Gasteiger partial charge in [-0.05, 0) is 59.7 Å². The van der Waals surface area contributed by atoms with Gasteiger partial charge in [-0.2, -0.15) is 0 Å². The van der Waals surface area contributed by atoms with Gasteiger partial charge in [0.1, 0.15) is 17.3 Å². The number of hydrogen-bond acceptors (Lipinski definition) is 5. The van der Waals surface area contributed by atoms with E-state index in [0.717, 1.165) is 24.3 Å². The van der Waals surface area contributed by atoms with Gasteiger partial charge in [0.25, 0.3) is 0 Å². The van der Waals surface area contributed by atoms with Crippen molar-refractivity contribution in [3.8, 4) is 0 Å². The molecule has 2 aromatic rings. The third-order valence-electron chi connectivity index (χ3n) is 3.64. The molecule has 0 aliphatic heterocycles. The molecule has 2 rings (SSSR count). The van der Waals surface area contributed by atoms with Gasteiger partial charge in [0, 0.05) is 0 Å². The third kappa shape index (κ3) is 8.27. The summed E-state index contributed by atoms with van der Waals surface area (Å²) in [5.41, 5.74) is 3.83. The van der Waals surface area contributed by atoms with Crippen LogP contribution in [0.3, 0.4) is 0 Å². The molecule has 0 fully saturated rings. The molecule has 0 aliphatic carbocycles. The maximum atomic E-state index is 13.5. The SMILES string of the molecule is CCCS(=O)(=O)Nc1ccc(F)c(I)c1F.CCCS(=O)(=O)Nc1ccc(F)c(N)c1F. The summed E-state index contributed by atoms with van der Waals surface area (Å²) in [5, 5.41) is 0. The highest BCUT2D eigenvalue weighted by Gasteiger charge is 2.17. The van der Waals surface area contributed by atoms with Crippen molar-refractivity contribution in [2.24, 2.45) is 0 Å². The van der Waals surface area contributed by atoms with E-state index in [4.69, 9.17) is 5.73 Å². The Hall–Kier alpha value is -1.81. The Kier molecular flexibility index (Phi) is 10.5. The molecule has 32 heavy (non-hydrogen) atoms. The minimum atomic E-state index is -3.60. The Morgan fingerprint density at radius 3 is 1.62 bits per heavy atom. The number of anilines is 3. The smallest absolute Gasteiger partial charge is 0.232 e. The summed E-state index contributed by atoms with van der Waals surface area (Å²) in [5.74, 6) is -3.85. The normalized spacial score (nSPS) is 11.5. The summed E-state index contributed by atoms with van der Waals surface area (Å²) in [6.07, 6.45) is 0.822. The maximum absolute atomic E-state index is 13.5. The zero-order chi connectivity index (χ0) is 24.7. The highest BCUT2D eigenvalue weighted by atomic mass is 127. The number of halogens is 5. The van der Waals surface area contributed by atoms with E-state index >= 15 is 0 Å². The van der Waals surface area contributed by atoms with E-state index in [2.05, 4.69) is 4.72 Å². The highest BCUT2D eigenvalue weighted by Crippen LogP contribution is 2.24. The fourth-order valence-corrected chi connectivity index (χ4v) is 4.96. The first-order valence-electron chi connectivity index (χ1n) is 9.12. The van der Waals surface area contributed by atoms with Crippen molar-refractivity contribution in [2.75, 3.05) is 26.7 Å². The number of rotatable bonds is 8. The van der Waals surface area contributed by atoms with Gasteiger partial charge in [0.15, 0.2) is 11.6 Å². The fourth-order valence-electron chi connectivity index (χ4n) is 2.23. The molecule has 0 atom stereocenters. The molecule has 180 valence electrons. The molecule has 0 aliphatic rings. The van der Waals surface area contributed by atoms with Gasteiger partial charge in [-0.1, -0.05) is 13.8 Å². The lowest BCUT2D eigenvalue weighted by Crippen LogP contribution is -2.17. The van der Waals surface area contributed by atoms with Crippen molar-refractivity contribution in [2.45, 2.75) is 26.7 Å². The van der Waals surface area contributed by atoms with Crippen LogP contribution in [0.25, 0.3) is 0 Å². The van der Waals surface area contributed by atoms with Gasteiger partial charge in [-0.15, -0.1) is 0 Å². The van der Waals surface area contributed by atoms with Crippen molar-refractivity contribution in [3.63, 3.8) is 0 Å². The van der Waals surface area contributed by atoms with Gasteiger partial charge < -0.3 is 5.73 Å². The minimum Gasteiger partial charge on any atom is -0.394 e. The Bertz CT molecular complexity index is 1070. The van der Waals surface area contributed by atoms with Crippen LogP contribution >= 0.6 is 22.6 Å². The van der Waals surface area contributed by atoms with Crippen LogP contribution < -0.4 is 15.2 Å². The minimum absolute atomic E-state index is 0.0968. The lowest BCUT2D eigenvalue weighted by atomic mass is 10.2. The van der Waals surface area contributed by atoms with Crippen LogP contribution in [0.5, 0.6) is 0 Å². The first kappa shape index (κ1) is 28.2. The molecule has 0 heterocycles. The molecule has 0 saturated carbocycles. The van der Waals surface area contributed by atoms with Crippen molar-refractivity contribution in [1.29, 1.82) is 0 Å². The molecule has 0 bridgehead atoms. The molecule has 0 radical (unpaired) electrons. The van der Waals surface area contributed by atoms with Crippen LogP contribution in [0.4, 0.5) is 34.6 Å². The molecule has 0 amide bonds. The standard InChI is InChI=1S/C9H10F2INO2S.C9H12F2N2O2S/c2*1-2-5-16(14,15)13-7-4-3-6(10)9(12)8(7)11/h3-4,13H,2,5H2,1H3;3-4,13H,2,5,12H2,1H3. The molecule has 0 saturated heterocycles. The molecule has 0 unspecified atom stereocenters. The van der Waals surface area contributed by atoms with E-state index in [1.165, 1.54) is 22.6 Å². The van der Waals surface area contributed by atoms with Crippen molar-refractivity contribution < 1.29 is 34.4 Å². The number of sulfonamides is 2. The molecule has 0 aromatic heterocycles. The van der Waals surface area contributed by atoms with Crippen LogP contribution in [0.15, 0.2) is 24.3 Å². The zero-order valence-electron chi connectivity index (χ0n) is 17.1. The molecule has 14 heteroatoms. The summed E-state index contributed by atoms with van der Waals surface area (Å²) in [6, 6.07) is 3.99. The molecule has 7 nitrogen and oxygen atoms in total. The Morgan fingerprint density at radius 1 is 0.781 bits per heavy atom. The van der Waals surface area contributed by atoms with E-state index in [1.54, 1.807) is 13.8 Å². The Balaban J connectivity index is 0.000000320. The van der Waals surface area contributed by atoms with E-state index in [-0.39, 0.29) is 26.5 Å². The highest BCUT2D eigenvalue weighted by molar-refractivity contribution is 14.1. The van der Waals surface area contributed by atoms with E-state index in [1.807, 2.05) is 4.72 Å². The number of nitrogens with two attached hydrogens (primary N) is 1. The van der Waals surface area contributed by atoms with E-state index in [0.29, 0.717) is 12.8 Å². The maximum Gasteiger partial charge on any atom is 0.232 e. The van der Waals surface area contributed by atoms with Crippen molar-refractivity contribution in [3.05, 3.63) is 51.1 Å². The number of benzene rings is 2. The fraction of sp³-hybridized carbons (Fsp3) is 0.333. The lowest BCUT2D eigenvalue weighted by molar-refractivity contribution is 0.571. The zero-order valence-corrected chi connectivity index (χ0v) is 20.8. The van der Waals surface area contributed by atoms with Crippen LogP contribution in [-0.2, 0) is 20.0 Å². The molecule has 2 aromatic carbocycles. The van der Waals surface area contributed by atoms with Gasteiger partial charge in [0.2, 0.25) is 20.0 Å². The summed E-state index contributed by atoms with van der Waals surface area (Å²) in [7, 11) is -7.16. The van der Waals surface area contributed by atoms with Gasteiger partial charge in [-0.3, -0.25) is 9.44 Å². The second kappa shape index (κ2) is 11.9. The monoisotopic (exact) mass is 611 g/mol. The van der Waals surface area contributed by atoms with Crippen LogP contribution in [0.2, 0.25) is 0 Å². The van der Waals surface area contributed by atoms with Crippen molar-refractivity contribution in [1.82, 2.24) is 0 Å². The van der Waals surface area contributed by atoms with Crippen LogP contribution in [0, 0.1) is 26.8 Å². The lowest BCUT2D eigenvalue weighted by Gasteiger charge is -2.09. The van der Waals surface area contributed by atoms with Crippen molar-refractivity contribution >= 4 is 59.7 Å². The van der Waals surface area contributed by atoms with Gasteiger partial charge >= 0.3 is 0 Å². The molecular weight excluding hydrogens is 589 g/mol. The Morgan fingerprint density at radius 2 is 1.19 bits per heavy atom. The number of nitrogens with one attached hydrogen (secondary N) is 2. The number of hydrogen-bond donors (Lipinski definition) is 3. The average Bonchev–Trinajstić information content (AvgIpc) is 2.69.